The second-order valence-electron chi connectivity index (χ2n) is 7.31. The van der Waals surface area contributed by atoms with Crippen LogP contribution in [0.4, 0.5) is 0 Å². The fourth-order valence-corrected chi connectivity index (χ4v) is 3.78. The molecule has 0 N–H and O–H groups in total. The van der Waals surface area contributed by atoms with Crippen LogP contribution in [0.15, 0.2) is 53.0 Å². The molecule has 2 aromatic carbocycles. The second-order valence-corrected chi connectivity index (χ2v) is 8.22. The van der Waals surface area contributed by atoms with Gasteiger partial charge in [0.1, 0.15) is 12.4 Å². The van der Waals surface area contributed by atoms with E-state index in [1.165, 1.54) is 0 Å². The van der Waals surface area contributed by atoms with Crippen LogP contribution in [0.3, 0.4) is 0 Å². The lowest BCUT2D eigenvalue weighted by Gasteiger charge is -2.35. The van der Waals surface area contributed by atoms with Crippen molar-refractivity contribution in [3.63, 3.8) is 0 Å². The van der Waals surface area contributed by atoms with Gasteiger partial charge in [0.05, 0.1) is 5.56 Å². The van der Waals surface area contributed by atoms with Crippen LogP contribution in [-0.2, 0) is 11.4 Å². The summed E-state index contributed by atoms with van der Waals surface area (Å²) in [7, 11) is 0. The van der Waals surface area contributed by atoms with Crippen LogP contribution in [0.2, 0.25) is 0 Å². The highest BCUT2D eigenvalue weighted by atomic mass is 79.9. The number of piperazine rings is 1. The van der Waals surface area contributed by atoms with Crippen molar-refractivity contribution in [3.05, 3.63) is 64.1 Å². The molecule has 0 spiro atoms. The lowest BCUT2D eigenvalue weighted by molar-refractivity contribution is -0.134. The smallest absolute Gasteiger partial charge is 0.257 e. The Morgan fingerprint density at radius 2 is 1.64 bits per heavy atom. The molecule has 4 rings (SSSR count). The molecule has 6 heteroatoms. The van der Waals surface area contributed by atoms with Gasteiger partial charge in [0, 0.05) is 36.6 Å². The molecule has 1 aliphatic heterocycles. The van der Waals surface area contributed by atoms with Gasteiger partial charge < -0.3 is 14.5 Å². The number of hydrogen-bond donors (Lipinski definition) is 0. The molecule has 2 fully saturated rings. The van der Waals surface area contributed by atoms with Crippen LogP contribution in [0.5, 0.6) is 5.75 Å². The number of carbonyl (C=O) groups is 2. The molecule has 146 valence electrons. The van der Waals surface area contributed by atoms with Crippen LogP contribution in [0, 0.1) is 5.92 Å². The maximum Gasteiger partial charge on any atom is 0.257 e. The van der Waals surface area contributed by atoms with Gasteiger partial charge in [-0.05, 0) is 36.6 Å². The number of ether oxygens (including phenoxy) is 1. The van der Waals surface area contributed by atoms with Crippen LogP contribution >= 0.6 is 15.9 Å². The average molecular weight is 443 g/mol. The molecule has 5 nitrogen and oxygen atoms in total. The quantitative estimate of drug-likeness (QED) is 0.708. The maximum absolute atomic E-state index is 13.1. The van der Waals surface area contributed by atoms with Crippen molar-refractivity contribution in [2.24, 2.45) is 5.92 Å². The molecule has 0 aromatic heterocycles. The fraction of sp³-hybridized carbons (Fsp3) is 0.364. The van der Waals surface area contributed by atoms with E-state index in [0.717, 1.165) is 22.9 Å². The van der Waals surface area contributed by atoms with E-state index in [2.05, 4.69) is 15.9 Å². The third-order valence-corrected chi connectivity index (χ3v) is 5.71. The highest BCUT2D eigenvalue weighted by Crippen LogP contribution is 2.31. The Balaban J connectivity index is 1.43. The molecule has 1 heterocycles. The van der Waals surface area contributed by atoms with Crippen LogP contribution in [0.25, 0.3) is 0 Å². The second kappa shape index (κ2) is 8.35. The zero-order chi connectivity index (χ0) is 19.5. The number of nitrogens with zero attached hydrogens (tertiary/aromatic N) is 2. The highest BCUT2D eigenvalue weighted by molar-refractivity contribution is 9.10. The average Bonchev–Trinajstić information content (AvgIpc) is 3.58. The number of rotatable bonds is 5. The van der Waals surface area contributed by atoms with Gasteiger partial charge in [-0.15, -0.1) is 0 Å². The normalized spacial score (nSPS) is 16.8. The monoisotopic (exact) mass is 442 g/mol. The van der Waals surface area contributed by atoms with E-state index >= 15 is 0 Å². The predicted molar refractivity (Wildman–Crippen MR) is 110 cm³/mol. The van der Waals surface area contributed by atoms with Crippen molar-refractivity contribution in [2.75, 3.05) is 26.2 Å². The Bertz CT molecular complexity index is 859. The number of halogens is 1. The van der Waals surface area contributed by atoms with Crippen molar-refractivity contribution in [3.8, 4) is 5.75 Å². The molecular weight excluding hydrogens is 420 g/mol. The molecule has 2 aliphatic rings. The summed E-state index contributed by atoms with van der Waals surface area (Å²) in [6, 6.07) is 15.4. The van der Waals surface area contributed by atoms with E-state index in [9.17, 15) is 9.59 Å². The van der Waals surface area contributed by atoms with Gasteiger partial charge in [-0.2, -0.15) is 0 Å². The Kier molecular flexibility index (Phi) is 5.67. The van der Waals surface area contributed by atoms with E-state index in [0.29, 0.717) is 44.1 Å². The van der Waals surface area contributed by atoms with E-state index in [-0.39, 0.29) is 17.7 Å². The molecular formula is C22H23BrN2O3. The summed E-state index contributed by atoms with van der Waals surface area (Å²) in [5.74, 6) is 1.00. The minimum absolute atomic E-state index is 0.0529. The lowest BCUT2D eigenvalue weighted by Crippen LogP contribution is -2.51. The first-order chi connectivity index (χ1) is 13.6. The van der Waals surface area contributed by atoms with Crippen LogP contribution in [-0.4, -0.2) is 47.8 Å². The Morgan fingerprint density at radius 1 is 0.964 bits per heavy atom. The Hall–Kier alpha value is -2.34. The lowest BCUT2D eigenvalue weighted by atomic mass is 10.1. The molecule has 1 aliphatic carbocycles. The van der Waals surface area contributed by atoms with Crippen LogP contribution < -0.4 is 4.74 Å². The van der Waals surface area contributed by atoms with Gasteiger partial charge >= 0.3 is 0 Å². The predicted octanol–water partition coefficient (Wildman–Crippen LogP) is 3.72. The van der Waals surface area contributed by atoms with Gasteiger partial charge in [0.25, 0.3) is 5.91 Å². The highest BCUT2D eigenvalue weighted by Gasteiger charge is 2.35. The van der Waals surface area contributed by atoms with Gasteiger partial charge in [-0.3, -0.25) is 9.59 Å². The van der Waals surface area contributed by atoms with Gasteiger partial charge in [0.15, 0.2) is 0 Å². The molecule has 2 aromatic rings. The third-order valence-electron chi connectivity index (χ3n) is 5.21. The summed E-state index contributed by atoms with van der Waals surface area (Å²) < 4.78 is 6.79. The standard InChI is InChI=1S/C22H23BrN2O3/c23-18-8-9-20(28-15-16-4-2-1-3-5-16)19(14-18)22(27)25-12-10-24(11-13-25)21(26)17-6-7-17/h1-5,8-9,14,17H,6-7,10-13,15H2. The van der Waals surface area contributed by atoms with Crippen molar-refractivity contribution in [1.29, 1.82) is 0 Å². The number of carbonyl (C=O) groups excluding carboxylic acids is 2. The number of amides is 2. The van der Waals surface area contributed by atoms with Crippen LogP contribution in [0.1, 0.15) is 28.8 Å². The van der Waals surface area contributed by atoms with Gasteiger partial charge in [-0.1, -0.05) is 46.3 Å². The zero-order valence-corrected chi connectivity index (χ0v) is 17.2. The van der Waals surface area contributed by atoms with E-state index < -0.39 is 0 Å². The minimum Gasteiger partial charge on any atom is -0.488 e. The van der Waals surface area contributed by atoms with Crippen molar-refractivity contribution >= 4 is 27.7 Å². The van der Waals surface area contributed by atoms with E-state index in [4.69, 9.17) is 4.74 Å². The molecule has 2 amide bonds. The van der Waals surface area contributed by atoms with E-state index in [1.54, 1.807) is 0 Å². The third kappa shape index (κ3) is 4.38. The molecule has 0 unspecified atom stereocenters. The molecule has 1 saturated carbocycles. The summed E-state index contributed by atoms with van der Waals surface area (Å²) in [4.78, 5) is 29.1. The summed E-state index contributed by atoms with van der Waals surface area (Å²) in [6.45, 7) is 2.74. The maximum atomic E-state index is 13.1. The van der Waals surface area contributed by atoms with Crippen molar-refractivity contribution in [2.45, 2.75) is 19.4 Å². The Labute approximate surface area is 173 Å². The summed E-state index contributed by atoms with van der Waals surface area (Å²) in [5, 5.41) is 0. The molecule has 0 bridgehead atoms. The van der Waals surface area contributed by atoms with Crippen molar-refractivity contribution < 1.29 is 14.3 Å². The number of hydrogen-bond acceptors (Lipinski definition) is 3. The topological polar surface area (TPSA) is 49.9 Å². The molecule has 1 saturated heterocycles. The van der Waals surface area contributed by atoms with E-state index in [1.807, 2.05) is 58.3 Å². The number of benzene rings is 2. The minimum atomic E-state index is -0.0529. The van der Waals surface area contributed by atoms with Gasteiger partial charge in [-0.25, -0.2) is 0 Å². The first kappa shape index (κ1) is 19.0. The van der Waals surface area contributed by atoms with Gasteiger partial charge in [0.2, 0.25) is 5.91 Å². The summed E-state index contributed by atoms with van der Waals surface area (Å²) >= 11 is 3.46. The summed E-state index contributed by atoms with van der Waals surface area (Å²) in [5.41, 5.74) is 1.60. The molecule has 0 atom stereocenters. The zero-order valence-electron chi connectivity index (χ0n) is 15.6. The fourth-order valence-electron chi connectivity index (χ4n) is 3.42. The molecule has 28 heavy (non-hydrogen) atoms. The Morgan fingerprint density at radius 3 is 2.32 bits per heavy atom. The SMILES string of the molecule is O=C(c1cc(Br)ccc1OCc1ccccc1)N1CCN(C(=O)C2CC2)CC1. The largest absolute Gasteiger partial charge is 0.488 e. The summed E-state index contributed by atoms with van der Waals surface area (Å²) in [6.07, 6.45) is 2.02. The first-order valence-corrected chi connectivity index (χ1v) is 10.5. The first-order valence-electron chi connectivity index (χ1n) is 9.66. The molecule has 0 radical (unpaired) electrons. The van der Waals surface area contributed by atoms with Crippen molar-refractivity contribution in [1.82, 2.24) is 9.80 Å².